The van der Waals surface area contributed by atoms with Crippen LogP contribution in [0.2, 0.25) is 0 Å². The summed E-state index contributed by atoms with van der Waals surface area (Å²) in [5.41, 5.74) is 5.82. The summed E-state index contributed by atoms with van der Waals surface area (Å²) >= 11 is 0. The van der Waals surface area contributed by atoms with Gasteiger partial charge in [0.05, 0.1) is 12.1 Å². The molecule has 2 unspecified atom stereocenters. The van der Waals surface area contributed by atoms with E-state index in [0.717, 1.165) is 24.8 Å². The SMILES string of the molecule is CCC(CN)(COC)NCC(C)C1CC1. The van der Waals surface area contributed by atoms with Crippen molar-refractivity contribution in [2.75, 3.05) is 26.8 Å². The first-order chi connectivity index (χ1) is 7.17. The Bertz CT molecular complexity index is 176. The van der Waals surface area contributed by atoms with E-state index in [-0.39, 0.29) is 5.54 Å². The van der Waals surface area contributed by atoms with Gasteiger partial charge in [-0.15, -0.1) is 0 Å². The Morgan fingerprint density at radius 1 is 1.53 bits per heavy atom. The van der Waals surface area contributed by atoms with E-state index in [1.165, 1.54) is 12.8 Å². The van der Waals surface area contributed by atoms with Crippen LogP contribution in [0.3, 0.4) is 0 Å². The van der Waals surface area contributed by atoms with Crippen LogP contribution in [0.25, 0.3) is 0 Å². The number of nitrogens with one attached hydrogen (secondary N) is 1. The van der Waals surface area contributed by atoms with E-state index in [2.05, 4.69) is 19.2 Å². The van der Waals surface area contributed by atoms with Crippen molar-refractivity contribution in [3.63, 3.8) is 0 Å². The Hall–Kier alpha value is -0.120. The molecule has 90 valence electrons. The first-order valence-corrected chi connectivity index (χ1v) is 6.11. The highest BCUT2D eigenvalue weighted by Gasteiger charge is 2.31. The second kappa shape index (κ2) is 5.83. The maximum atomic E-state index is 5.84. The van der Waals surface area contributed by atoms with Gasteiger partial charge in [-0.25, -0.2) is 0 Å². The lowest BCUT2D eigenvalue weighted by Gasteiger charge is -2.33. The number of nitrogens with two attached hydrogens (primary N) is 1. The van der Waals surface area contributed by atoms with Crippen LogP contribution in [-0.4, -0.2) is 32.3 Å². The van der Waals surface area contributed by atoms with Crippen LogP contribution in [0, 0.1) is 11.8 Å². The van der Waals surface area contributed by atoms with E-state index in [1.54, 1.807) is 7.11 Å². The summed E-state index contributed by atoms with van der Waals surface area (Å²) in [5.74, 6) is 1.73. The summed E-state index contributed by atoms with van der Waals surface area (Å²) in [4.78, 5) is 0. The van der Waals surface area contributed by atoms with Gasteiger partial charge in [0.1, 0.15) is 0 Å². The standard InChI is InChI=1S/C12H26N2O/c1-4-12(8-13,9-15-3)14-7-10(2)11-5-6-11/h10-11,14H,4-9,13H2,1-3H3. The number of hydrogen-bond donors (Lipinski definition) is 2. The smallest absolute Gasteiger partial charge is 0.0656 e. The molecule has 0 bridgehead atoms. The Morgan fingerprint density at radius 2 is 2.20 bits per heavy atom. The third-order valence-corrected chi connectivity index (χ3v) is 3.71. The summed E-state index contributed by atoms with van der Waals surface area (Å²) in [6, 6.07) is 0. The van der Waals surface area contributed by atoms with Gasteiger partial charge in [0.15, 0.2) is 0 Å². The predicted octanol–water partition coefficient (Wildman–Crippen LogP) is 1.38. The average molecular weight is 214 g/mol. The molecular weight excluding hydrogens is 188 g/mol. The lowest BCUT2D eigenvalue weighted by molar-refractivity contribution is 0.106. The molecule has 1 rings (SSSR count). The van der Waals surface area contributed by atoms with E-state index in [0.29, 0.717) is 13.2 Å². The minimum Gasteiger partial charge on any atom is -0.383 e. The monoisotopic (exact) mass is 214 g/mol. The maximum absolute atomic E-state index is 5.84. The molecule has 1 saturated carbocycles. The summed E-state index contributed by atoms with van der Waals surface area (Å²) in [5, 5.41) is 3.60. The predicted molar refractivity (Wildman–Crippen MR) is 63.8 cm³/mol. The normalized spacial score (nSPS) is 22.4. The van der Waals surface area contributed by atoms with Crippen LogP contribution in [0.15, 0.2) is 0 Å². The minimum atomic E-state index is -0.0160. The van der Waals surface area contributed by atoms with Crippen molar-refractivity contribution in [1.82, 2.24) is 5.32 Å². The molecule has 1 aliphatic carbocycles. The Labute approximate surface area is 93.8 Å². The lowest BCUT2D eigenvalue weighted by Crippen LogP contribution is -2.55. The molecule has 0 radical (unpaired) electrons. The second-order valence-corrected chi connectivity index (χ2v) is 4.97. The van der Waals surface area contributed by atoms with E-state index >= 15 is 0 Å². The molecule has 0 aliphatic heterocycles. The first kappa shape index (κ1) is 12.9. The van der Waals surface area contributed by atoms with Gasteiger partial charge >= 0.3 is 0 Å². The topological polar surface area (TPSA) is 47.3 Å². The zero-order chi connectivity index (χ0) is 11.3. The third kappa shape index (κ3) is 3.74. The molecule has 2 atom stereocenters. The summed E-state index contributed by atoms with van der Waals surface area (Å²) in [6.45, 7) is 6.92. The molecule has 0 heterocycles. The molecule has 15 heavy (non-hydrogen) atoms. The van der Waals surface area contributed by atoms with Gasteiger partial charge in [0.2, 0.25) is 0 Å². The van der Waals surface area contributed by atoms with Gasteiger partial charge in [0, 0.05) is 13.7 Å². The second-order valence-electron chi connectivity index (χ2n) is 4.97. The number of hydrogen-bond acceptors (Lipinski definition) is 3. The van der Waals surface area contributed by atoms with Gasteiger partial charge in [-0.2, -0.15) is 0 Å². The molecule has 3 heteroatoms. The highest BCUT2D eigenvalue weighted by atomic mass is 16.5. The van der Waals surface area contributed by atoms with E-state index in [9.17, 15) is 0 Å². The molecule has 3 N–H and O–H groups in total. The Balaban J connectivity index is 2.34. The first-order valence-electron chi connectivity index (χ1n) is 6.11. The fourth-order valence-electron chi connectivity index (χ4n) is 2.04. The van der Waals surface area contributed by atoms with Gasteiger partial charge in [-0.05, 0) is 37.6 Å². The van der Waals surface area contributed by atoms with Crippen LogP contribution in [0.4, 0.5) is 0 Å². The molecule has 1 fully saturated rings. The lowest BCUT2D eigenvalue weighted by atomic mass is 9.95. The average Bonchev–Trinajstić information content (AvgIpc) is 3.07. The quantitative estimate of drug-likeness (QED) is 0.641. The summed E-state index contributed by atoms with van der Waals surface area (Å²) in [6.07, 6.45) is 3.85. The Morgan fingerprint density at radius 3 is 2.60 bits per heavy atom. The molecule has 0 saturated heterocycles. The van der Waals surface area contributed by atoms with E-state index < -0.39 is 0 Å². The van der Waals surface area contributed by atoms with Crippen molar-refractivity contribution in [2.45, 2.75) is 38.6 Å². The highest BCUT2D eigenvalue weighted by molar-refractivity contribution is 4.90. The molecule has 0 aromatic carbocycles. The van der Waals surface area contributed by atoms with Crippen LogP contribution in [-0.2, 0) is 4.74 Å². The molecule has 0 aromatic heterocycles. The third-order valence-electron chi connectivity index (χ3n) is 3.71. The highest BCUT2D eigenvalue weighted by Crippen LogP contribution is 2.36. The molecule has 3 nitrogen and oxygen atoms in total. The van der Waals surface area contributed by atoms with Crippen molar-refractivity contribution in [3.8, 4) is 0 Å². The maximum Gasteiger partial charge on any atom is 0.0656 e. The zero-order valence-corrected chi connectivity index (χ0v) is 10.4. The summed E-state index contributed by atoms with van der Waals surface area (Å²) < 4.78 is 5.26. The van der Waals surface area contributed by atoms with Crippen molar-refractivity contribution in [3.05, 3.63) is 0 Å². The fourth-order valence-corrected chi connectivity index (χ4v) is 2.04. The van der Waals surface area contributed by atoms with Crippen molar-refractivity contribution >= 4 is 0 Å². The number of ether oxygens (including phenoxy) is 1. The molecule has 0 aromatic rings. The van der Waals surface area contributed by atoms with Crippen molar-refractivity contribution in [1.29, 1.82) is 0 Å². The van der Waals surface area contributed by atoms with E-state index in [4.69, 9.17) is 10.5 Å². The molecule has 0 spiro atoms. The number of rotatable bonds is 8. The Kier molecular flexibility index (Phi) is 5.03. The van der Waals surface area contributed by atoms with Crippen LogP contribution in [0.5, 0.6) is 0 Å². The van der Waals surface area contributed by atoms with Crippen LogP contribution < -0.4 is 11.1 Å². The zero-order valence-electron chi connectivity index (χ0n) is 10.4. The molecule has 0 amide bonds. The number of methoxy groups -OCH3 is 1. The van der Waals surface area contributed by atoms with Crippen molar-refractivity contribution < 1.29 is 4.74 Å². The summed E-state index contributed by atoms with van der Waals surface area (Å²) in [7, 11) is 1.74. The minimum absolute atomic E-state index is 0.0160. The van der Waals surface area contributed by atoms with Crippen LogP contribution in [0.1, 0.15) is 33.1 Å². The molecule has 1 aliphatic rings. The van der Waals surface area contributed by atoms with Gasteiger partial charge < -0.3 is 15.8 Å². The van der Waals surface area contributed by atoms with Gasteiger partial charge in [-0.3, -0.25) is 0 Å². The fraction of sp³-hybridized carbons (Fsp3) is 1.00. The largest absolute Gasteiger partial charge is 0.383 e. The van der Waals surface area contributed by atoms with Crippen LogP contribution >= 0.6 is 0 Å². The van der Waals surface area contributed by atoms with E-state index in [1.807, 2.05) is 0 Å². The molecular formula is C12H26N2O. The van der Waals surface area contributed by atoms with Crippen molar-refractivity contribution in [2.24, 2.45) is 17.6 Å². The van der Waals surface area contributed by atoms with Gasteiger partial charge in [0.25, 0.3) is 0 Å². The van der Waals surface area contributed by atoms with Gasteiger partial charge in [-0.1, -0.05) is 13.8 Å².